The van der Waals surface area contributed by atoms with Gasteiger partial charge in [-0.05, 0) is 29.7 Å². The zero-order valence-corrected chi connectivity index (χ0v) is 6.97. The first kappa shape index (κ1) is 8.35. The van der Waals surface area contributed by atoms with E-state index in [0.717, 1.165) is 12.0 Å². The van der Waals surface area contributed by atoms with Crippen molar-refractivity contribution < 1.29 is 14.7 Å². The Balaban J connectivity index is 2.23. The summed E-state index contributed by atoms with van der Waals surface area (Å²) in [5, 5.41) is 17.1. The average molecular weight is 176 g/mol. The first-order valence-corrected chi connectivity index (χ1v) is 4.08. The Morgan fingerprint density at radius 2 is 2.15 bits per heavy atom. The van der Waals surface area contributed by atoms with Gasteiger partial charge in [0.2, 0.25) is 0 Å². The van der Waals surface area contributed by atoms with Crippen LogP contribution in [0, 0.1) is 0 Å². The second kappa shape index (κ2) is 3.24. The minimum atomic E-state index is -1.74. The highest BCUT2D eigenvalue weighted by molar-refractivity contribution is 6.33. The van der Waals surface area contributed by atoms with E-state index in [4.69, 9.17) is 14.7 Å². The molecule has 0 saturated heterocycles. The van der Waals surface area contributed by atoms with Crippen molar-refractivity contribution in [1.29, 1.82) is 0 Å². The first-order valence-electron chi connectivity index (χ1n) is 4.08. The van der Waals surface area contributed by atoms with E-state index < -0.39 is 7.32 Å². The lowest BCUT2D eigenvalue weighted by Gasteiger charge is -2.06. The minimum Gasteiger partial charge on any atom is -0.512 e. The molecule has 0 radical (unpaired) electrons. The minimum absolute atomic E-state index is 0.484. The maximum absolute atomic E-state index is 8.57. The van der Waals surface area contributed by atoms with Crippen LogP contribution in [0.15, 0.2) is 24.3 Å². The normalized spacial score (nSPS) is 12.8. The molecule has 4 heteroatoms. The van der Waals surface area contributed by atoms with Gasteiger partial charge in [0, 0.05) is 0 Å². The van der Waals surface area contributed by atoms with Crippen LogP contribution in [0.25, 0.3) is 6.08 Å². The molecule has 2 N–H and O–H groups in total. The quantitative estimate of drug-likeness (QED) is 0.648. The van der Waals surface area contributed by atoms with E-state index in [1.807, 2.05) is 18.2 Å². The molecule has 1 aromatic carbocycles. The molecule has 0 aromatic heterocycles. The van der Waals surface area contributed by atoms with Gasteiger partial charge in [0.1, 0.15) is 5.75 Å². The highest BCUT2D eigenvalue weighted by Crippen LogP contribution is 2.24. The van der Waals surface area contributed by atoms with Gasteiger partial charge in [-0.3, -0.25) is 0 Å². The predicted octanol–water partition coefficient (Wildman–Crippen LogP) is 0.604. The van der Waals surface area contributed by atoms with Gasteiger partial charge in [0.05, 0.1) is 0 Å². The van der Waals surface area contributed by atoms with E-state index in [-0.39, 0.29) is 0 Å². The average Bonchev–Trinajstić information content (AvgIpc) is 2.49. The number of benzene rings is 1. The molecule has 0 aliphatic heterocycles. The van der Waals surface area contributed by atoms with Gasteiger partial charge in [-0.1, -0.05) is 18.2 Å². The van der Waals surface area contributed by atoms with E-state index in [9.17, 15) is 0 Å². The SMILES string of the molecule is OB(O)Oc1ccc2c(c1)CC=C2. The molecule has 0 atom stereocenters. The van der Waals surface area contributed by atoms with Crippen LogP contribution in [0.3, 0.4) is 0 Å². The Morgan fingerprint density at radius 3 is 2.92 bits per heavy atom. The third kappa shape index (κ3) is 1.74. The second-order valence-corrected chi connectivity index (χ2v) is 2.91. The number of allylic oxidation sites excluding steroid dienone is 1. The van der Waals surface area contributed by atoms with Crippen LogP contribution >= 0.6 is 0 Å². The summed E-state index contributed by atoms with van der Waals surface area (Å²) in [6, 6.07) is 5.43. The maximum atomic E-state index is 8.57. The Labute approximate surface area is 76.5 Å². The van der Waals surface area contributed by atoms with Gasteiger partial charge >= 0.3 is 7.32 Å². The van der Waals surface area contributed by atoms with Crippen LogP contribution in [0.4, 0.5) is 0 Å². The van der Waals surface area contributed by atoms with E-state index >= 15 is 0 Å². The number of rotatable bonds is 2. The first-order chi connectivity index (χ1) is 6.25. The van der Waals surface area contributed by atoms with E-state index in [0.29, 0.717) is 5.75 Å². The highest BCUT2D eigenvalue weighted by atomic mass is 16.6. The van der Waals surface area contributed by atoms with Gasteiger partial charge < -0.3 is 14.7 Å². The lowest BCUT2D eigenvalue weighted by atomic mass is 10.1. The molecule has 0 spiro atoms. The summed E-state index contributed by atoms with van der Waals surface area (Å²) in [5.74, 6) is 0.484. The van der Waals surface area contributed by atoms with Crippen molar-refractivity contribution in [2.45, 2.75) is 6.42 Å². The molecule has 13 heavy (non-hydrogen) atoms. The molecule has 0 saturated carbocycles. The Bertz CT molecular complexity index is 347. The van der Waals surface area contributed by atoms with Crippen molar-refractivity contribution >= 4 is 13.4 Å². The molecule has 0 fully saturated rings. The van der Waals surface area contributed by atoms with Gasteiger partial charge in [0.25, 0.3) is 0 Å². The molecule has 3 nitrogen and oxygen atoms in total. The number of hydrogen-bond acceptors (Lipinski definition) is 3. The maximum Gasteiger partial charge on any atom is 0.707 e. The van der Waals surface area contributed by atoms with Crippen molar-refractivity contribution in [3.8, 4) is 5.75 Å². The number of hydrogen-bond donors (Lipinski definition) is 2. The molecule has 1 aromatic rings. The summed E-state index contributed by atoms with van der Waals surface area (Å²) < 4.78 is 4.72. The number of fused-ring (bicyclic) bond motifs is 1. The molecule has 1 aliphatic rings. The summed E-state index contributed by atoms with van der Waals surface area (Å²) in [6.45, 7) is 0. The van der Waals surface area contributed by atoms with Crippen molar-refractivity contribution in [3.63, 3.8) is 0 Å². The van der Waals surface area contributed by atoms with Crippen molar-refractivity contribution in [1.82, 2.24) is 0 Å². The van der Waals surface area contributed by atoms with Crippen LogP contribution in [0.2, 0.25) is 0 Å². The molecular formula is C9H9BO3. The molecule has 0 unspecified atom stereocenters. The van der Waals surface area contributed by atoms with E-state index in [2.05, 4.69) is 6.08 Å². The van der Waals surface area contributed by atoms with Crippen molar-refractivity contribution in [3.05, 3.63) is 35.4 Å². The van der Waals surface area contributed by atoms with Crippen molar-refractivity contribution in [2.75, 3.05) is 0 Å². The largest absolute Gasteiger partial charge is 0.707 e. The molecule has 0 amide bonds. The molecule has 66 valence electrons. The predicted molar refractivity (Wildman–Crippen MR) is 50.0 cm³/mol. The molecule has 1 aliphatic carbocycles. The molecule has 2 rings (SSSR count). The summed E-state index contributed by atoms with van der Waals surface area (Å²) in [6.07, 6.45) is 4.98. The lowest BCUT2D eigenvalue weighted by Crippen LogP contribution is -2.20. The van der Waals surface area contributed by atoms with Gasteiger partial charge in [-0.15, -0.1) is 0 Å². The molecule has 0 bridgehead atoms. The molecular weight excluding hydrogens is 167 g/mol. The Morgan fingerprint density at radius 1 is 1.31 bits per heavy atom. The fourth-order valence-electron chi connectivity index (χ4n) is 1.43. The Kier molecular flexibility index (Phi) is 2.08. The summed E-state index contributed by atoms with van der Waals surface area (Å²) in [5.41, 5.74) is 2.32. The topological polar surface area (TPSA) is 49.7 Å². The third-order valence-electron chi connectivity index (χ3n) is 1.99. The van der Waals surface area contributed by atoms with Crippen LogP contribution < -0.4 is 4.65 Å². The van der Waals surface area contributed by atoms with Crippen LogP contribution in [0.1, 0.15) is 11.1 Å². The van der Waals surface area contributed by atoms with Crippen LogP contribution in [-0.4, -0.2) is 17.4 Å². The smallest absolute Gasteiger partial charge is 0.512 e. The van der Waals surface area contributed by atoms with Gasteiger partial charge in [-0.25, -0.2) is 0 Å². The summed E-state index contributed by atoms with van der Waals surface area (Å²) in [7, 11) is -1.74. The summed E-state index contributed by atoms with van der Waals surface area (Å²) >= 11 is 0. The second-order valence-electron chi connectivity index (χ2n) is 2.91. The fraction of sp³-hybridized carbons (Fsp3) is 0.111. The Hall–Kier alpha value is -1.26. The van der Waals surface area contributed by atoms with E-state index in [1.54, 1.807) is 6.07 Å². The van der Waals surface area contributed by atoms with E-state index in [1.165, 1.54) is 5.56 Å². The van der Waals surface area contributed by atoms with Crippen molar-refractivity contribution in [2.24, 2.45) is 0 Å². The lowest BCUT2D eigenvalue weighted by molar-refractivity contribution is 0.288. The van der Waals surface area contributed by atoms with Gasteiger partial charge in [0.15, 0.2) is 0 Å². The zero-order valence-electron chi connectivity index (χ0n) is 6.97. The van der Waals surface area contributed by atoms with Gasteiger partial charge in [-0.2, -0.15) is 0 Å². The molecule has 0 heterocycles. The highest BCUT2D eigenvalue weighted by Gasteiger charge is 2.12. The summed E-state index contributed by atoms with van der Waals surface area (Å²) in [4.78, 5) is 0. The van der Waals surface area contributed by atoms with Crippen LogP contribution in [0.5, 0.6) is 5.75 Å². The monoisotopic (exact) mass is 176 g/mol. The van der Waals surface area contributed by atoms with Crippen LogP contribution in [-0.2, 0) is 6.42 Å². The zero-order chi connectivity index (χ0) is 9.26. The standard InChI is InChI=1S/C9H9BO3/c11-10(12)13-9-5-4-7-2-1-3-8(7)6-9/h1-2,4-6,11-12H,3H2. The fourth-order valence-corrected chi connectivity index (χ4v) is 1.43. The third-order valence-corrected chi connectivity index (χ3v) is 1.99.